The Morgan fingerprint density at radius 2 is 1.94 bits per heavy atom. The Kier molecular flexibility index (Phi) is 8.20. The van der Waals surface area contributed by atoms with E-state index in [-0.39, 0.29) is 18.4 Å². The second-order valence-electron chi connectivity index (χ2n) is 8.62. The Bertz CT molecular complexity index is 1190. The van der Waals surface area contributed by atoms with Crippen LogP contribution in [0, 0.1) is 5.82 Å². The number of halogens is 2. The van der Waals surface area contributed by atoms with Crippen molar-refractivity contribution in [2.24, 2.45) is 0 Å². The lowest BCUT2D eigenvalue weighted by molar-refractivity contribution is 0.0946. The van der Waals surface area contributed by atoms with Crippen molar-refractivity contribution in [1.29, 1.82) is 0 Å². The second-order valence-corrected chi connectivity index (χ2v) is 10.3. The van der Waals surface area contributed by atoms with E-state index >= 15 is 0 Å². The number of piperidine rings is 1. The summed E-state index contributed by atoms with van der Waals surface area (Å²) in [7, 11) is 4.02. The largest absolute Gasteiger partial charge is 0.378 e. The van der Waals surface area contributed by atoms with Crippen LogP contribution < -0.4 is 15.5 Å². The van der Waals surface area contributed by atoms with E-state index < -0.39 is 5.82 Å². The normalized spacial score (nSPS) is 14.0. The van der Waals surface area contributed by atoms with Crippen LogP contribution in [0.5, 0.6) is 0 Å². The lowest BCUT2D eigenvalue weighted by Gasteiger charge is -2.33. The highest BCUT2D eigenvalue weighted by atomic mass is 35.5. The van der Waals surface area contributed by atoms with Crippen molar-refractivity contribution in [3.05, 3.63) is 74.9 Å². The molecule has 1 amide bonds. The first-order chi connectivity index (χ1) is 16.8. The third-order valence-electron chi connectivity index (χ3n) is 5.98. The van der Waals surface area contributed by atoms with Gasteiger partial charge in [0.05, 0.1) is 5.01 Å². The number of hydrogen-bond donors (Lipinski definition) is 2. The van der Waals surface area contributed by atoms with Crippen LogP contribution in [-0.2, 0) is 6.54 Å². The average molecular weight is 532 g/mol. The highest BCUT2D eigenvalue weighted by Crippen LogP contribution is 2.31. The number of likely N-dealkylation sites (tertiary alicyclic amines) is 1. The second kappa shape index (κ2) is 11.3. The summed E-state index contributed by atoms with van der Waals surface area (Å²) >= 11 is 12.9. The Morgan fingerprint density at radius 1 is 1.23 bits per heavy atom. The summed E-state index contributed by atoms with van der Waals surface area (Å²) in [6.07, 6.45) is 1.82. The van der Waals surface area contributed by atoms with Crippen LogP contribution in [0.25, 0.3) is 0 Å². The predicted molar refractivity (Wildman–Crippen MR) is 145 cm³/mol. The summed E-state index contributed by atoms with van der Waals surface area (Å²) in [5.74, 6) is -0.472. The number of thiazole rings is 1. The minimum atomic E-state index is -0.443. The number of hydrogen-bond acceptors (Lipinski definition) is 5. The molecule has 2 N–H and O–H groups in total. The van der Waals surface area contributed by atoms with Gasteiger partial charge >= 0.3 is 0 Å². The van der Waals surface area contributed by atoms with Crippen molar-refractivity contribution in [1.82, 2.24) is 15.2 Å². The lowest BCUT2D eigenvalue weighted by Crippen LogP contribution is -2.40. The molecule has 0 spiro atoms. The SMILES string of the molecule is CN(C)c1ccc(NC(=S)N2CCC(c3nc(C(=O)NCc4ccc(Cl)cc4F)cs3)CC2)cc1. The zero-order valence-corrected chi connectivity index (χ0v) is 21.9. The molecule has 0 aliphatic carbocycles. The van der Waals surface area contributed by atoms with Gasteiger partial charge in [-0.25, -0.2) is 9.37 Å². The van der Waals surface area contributed by atoms with E-state index in [1.807, 2.05) is 26.2 Å². The quantitative estimate of drug-likeness (QED) is 0.409. The summed E-state index contributed by atoms with van der Waals surface area (Å²) in [6, 6.07) is 12.6. The van der Waals surface area contributed by atoms with Crippen LogP contribution in [0.3, 0.4) is 0 Å². The molecule has 1 fully saturated rings. The monoisotopic (exact) mass is 531 g/mol. The van der Waals surface area contributed by atoms with E-state index in [4.69, 9.17) is 23.8 Å². The number of carbonyl (C=O) groups excluding carboxylic acids is 1. The average Bonchev–Trinajstić information content (AvgIpc) is 3.34. The highest BCUT2D eigenvalue weighted by Gasteiger charge is 2.25. The molecule has 10 heteroatoms. The fourth-order valence-corrected chi connectivity index (χ4v) is 5.32. The van der Waals surface area contributed by atoms with E-state index in [1.165, 1.54) is 17.4 Å². The summed E-state index contributed by atoms with van der Waals surface area (Å²) in [5, 5.41) is 9.81. The number of aromatic nitrogens is 1. The molecule has 184 valence electrons. The molecule has 4 rings (SSSR count). The molecular formula is C25H27ClFN5OS2. The third-order valence-corrected chi connectivity index (χ3v) is 7.58. The van der Waals surface area contributed by atoms with Crippen LogP contribution in [-0.4, -0.2) is 48.1 Å². The first kappa shape index (κ1) is 25.3. The van der Waals surface area contributed by atoms with Crippen molar-refractivity contribution < 1.29 is 9.18 Å². The molecule has 35 heavy (non-hydrogen) atoms. The molecular weight excluding hydrogens is 505 g/mol. The number of nitrogens with one attached hydrogen (secondary N) is 2. The van der Waals surface area contributed by atoms with E-state index in [0.717, 1.165) is 47.4 Å². The third kappa shape index (κ3) is 6.48. The van der Waals surface area contributed by atoms with Crippen molar-refractivity contribution in [3.8, 4) is 0 Å². The molecule has 1 aliphatic heterocycles. The Balaban J connectivity index is 1.27. The fraction of sp³-hybridized carbons (Fsp3) is 0.320. The van der Waals surface area contributed by atoms with Gasteiger partial charge < -0.3 is 20.4 Å². The van der Waals surface area contributed by atoms with E-state index in [1.54, 1.807) is 17.5 Å². The van der Waals surface area contributed by atoms with Crippen molar-refractivity contribution >= 4 is 57.5 Å². The van der Waals surface area contributed by atoms with Crippen LogP contribution in [0.15, 0.2) is 47.8 Å². The van der Waals surface area contributed by atoms with Crippen LogP contribution in [0.1, 0.15) is 39.8 Å². The summed E-state index contributed by atoms with van der Waals surface area (Å²) < 4.78 is 13.9. The van der Waals surface area contributed by atoms with Crippen molar-refractivity contribution in [2.45, 2.75) is 25.3 Å². The van der Waals surface area contributed by atoms with Gasteiger partial charge in [0.2, 0.25) is 0 Å². The molecule has 3 aromatic rings. The topological polar surface area (TPSA) is 60.5 Å². The van der Waals surface area contributed by atoms with Gasteiger partial charge in [0.15, 0.2) is 5.11 Å². The molecule has 0 atom stereocenters. The van der Waals surface area contributed by atoms with Gasteiger partial charge in [0.25, 0.3) is 5.91 Å². The van der Waals surface area contributed by atoms with Gasteiger partial charge in [-0.15, -0.1) is 11.3 Å². The maximum absolute atomic E-state index is 13.9. The molecule has 0 saturated carbocycles. The van der Waals surface area contributed by atoms with Gasteiger partial charge in [-0.05, 0) is 61.5 Å². The zero-order valence-electron chi connectivity index (χ0n) is 19.6. The molecule has 2 heterocycles. The molecule has 1 aliphatic rings. The predicted octanol–water partition coefficient (Wildman–Crippen LogP) is 5.51. The number of nitrogens with zero attached hydrogens (tertiary/aromatic N) is 3. The van der Waals surface area contributed by atoms with Gasteiger partial charge in [-0.3, -0.25) is 4.79 Å². The minimum Gasteiger partial charge on any atom is -0.378 e. The smallest absolute Gasteiger partial charge is 0.271 e. The fourth-order valence-electron chi connectivity index (χ4n) is 3.89. The molecule has 1 saturated heterocycles. The Morgan fingerprint density at radius 3 is 2.60 bits per heavy atom. The number of amides is 1. The van der Waals surface area contributed by atoms with Gasteiger partial charge in [-0.1, -0.05) is 17.7 Å². The van der Waals surface area contributed by atoms with E-state index in [2.05, 4.69) is 37.6 Å². The van der Waals surface area contributed by atoms with Gasteiger partial charge in [0.1, 0.15) is 11.5 Å². The summed E-state index contributed by atoms with van der Waals surface area (Å²) in [5.41, 5.74) is 2.84. The summed E-state index contributed by atoms with van der Waals surface area (Å²) in [4.78, 5) is 21.3. The number of carbonyl (C=O) groups is 1. The number of benzene rings is 2. The first-order valence-electron chi connectivity index (χ1n) is 11.3. The molecule has 0 unspecified atom stereocenters. The number of thiocarbonyl (C=S) groups is 1. The maximum atomic E-state index is 13.9. The number of rotatable bonds is 6. The van der Waals surface area contributed by atoms with Crippen LogP contribution in [0.2, 0.25) is 5.02 Å². The van der Waals surface area contributed by atoms with Crippen molar-refractivity contribution in [2.75, 3.05) is 37.4 Å². The van der Waals surface area contributed by atoms with Crippen molar-refractivity contribution in [3.63, 3.8) is 0 Å². The zero-order chi connectivity index (χ0) is 24.9. The van der Waals surface area contributed by atoms with E-state index in [0.29, 0.717) is 16.3 Å². The maximum Gasteiger partial charge on any atom is 0.271 e. The molecule has 6 nitrogen and oxygen atoms in total. The Labute approximate surface area is 219 Å². The first-order valence-corrected chi connectivity index (χ1v) is 13.0. The highest BCUT2D eigenvalue weighted by molar-refractivity contribution is 7.80. The molecule has 1 aromatic heterocycles. The number of anilines is 2. The molecule has 0 radical (unpaired) electrons. The van der Waals surface area contributed by atoms with Crippen LogP contribution in [0.4, 0.5) is 15.8 Å². The Hall–Kier alpha value is -2.75. The standard InChI is InChI=1S/C25H27ClFN5OS2/c1-31(2)20-7-5-19(6-8-20)29-25(34)32-11-9-16(10-12-32)24-30-22(15-35-24)23(33)28-14-17-3-4-18(26)13-21(17)27/h3-8,13,15-16H,9-12,14H2,1-2H3,(H,28,33)(H,29,34). The molecule has 0 bridgehead atoms. The molecule has 2 aromatic carbocycles. The van der Waals surface area contributed by atoms with E-state index in [9.17, 15) is 9.18 Å². The summed E-state index contributed by atoms with van der Waals surface area (Å²) in [6.45, 7) is 1.72. The minimum absolute atomic E-state index is 0.0788. The lowest BCUT2D eigenvalue weighted by atomic mass is 9.98. The van der Waals surface area contributed by atoms with Gasteiger partial charge in [-0.2, -0.15) is 0 Å². The van der Waals surface area contributed by atoms with Crippen LogP contribution >= 0.6 is 35.2 Å². The van der Waals surface area contributed by atoms with Gasteiger partial charge in [0, 0.05) is 67.0 Å².